The molecule has 0 saturated heterocycles. The van der Waals surface area contributed by atoms with E-state index < -0.39 is 0 Å². The van der Waals surface area contributed by atoms with E-state index in [4.69, 9.17) is 0 Å². The molecular weight excluding hydrogens is 212 g/mol. The van der Waals surface area contributed by atoms with Gasteiger partial charge in [-0.15, -0.1) is 0 Å². The Hall–Kier alpha value is -0.830. The zero-order chi connectivity index (χ0) is 12.5. The minimum absolute atomic E-state index is 0.162. The van der Waals surface area contributed by atoms with Gasteiger partial charge in [0.15, 0.2) is 0 Å². The highest BCUT2D eigenvalue weighted by Crippen LogP contribution is 2.19. The van der Waals surface area contributed by atoms with Crippen LogP contribution < -0.4 is 10.6 Å². The molecule has 1 amide bonds. The molecule has 1 atom stereocenters. The molecule has 0 fully saturated rings. The van der Waals surface area contributed by atoms with E-state index in [1.807, 2.05) is 6.92 Å². The largest absolute Gasteiger partial charge is 0.356 e. The number of carbonyl (C=O) groups is 1. The van der Waals surface area contributed by atoms with Crippen molar-refractivity contribution in [2.75, 3.05) is 13.1 Å². The molecule has 3 nitrogen and oxygen atoms in total. The van der Waals surface area contributed by atoms with Crippen LogP contribution >= 0.6 is 0 Å². The molecule has 1 aliphatic carbocycles. The van der Waals surface area contributed by atoms with Crippen LogP contribution in [0.3, 0.4) is 0 Å². The normalized spacial score (nSPS) is 17.4. The molecule has 0 bridgehead atoms. The fourth-order valence-corrected chi connectivity index (χ4v) is 2.27. The van der Waals surface area contributed by atoms with Crippen molar-refractivity contribution >= 4 is 5.91 Å². The molecule has 1 unspecified atom stereocenters. The minimum Gasteiger partial charge on any atom is -0.356 e. The fraction of sp³-hybridized carbons (Fsp3) is 0.786. The molecule has 3 heteroatoms. The summed E-state index contributed by atoms with van der Waals surface area (Å²) >= 11 is 0. The second-order valence-corrected chi connectivity index (χ2v) is 4.87. The second-order valence-electron chi connectivity index (χ2n) is 4.87. The highest BCUT2D eigenvalue weighted by Gasteiger charge is 2.08. The number of rotatable bonds is 7. The summed E-state index contributed by atoms with van der Waals surface area (Å²) in [6.45, 7) is 5.82. The predicted octanol–water partition coefficient (Wildman–Crippen LogP) is 2.38. The van der Waals surface area contributed by atoms with E-state index in [0.29, 0.717) is 6.42 Å². The van der Waals surface area contributed by atoms with Crippen molar-refractivity contribution in [1.82, 2.24) is 10.6 Å². The van der Waals surface area contributed by atoms with Gasteiger partial charge in [0.25, 0.3) is 0 Å². The van der Waals surface area contributed by atoms with Crippen LogP contribution in [0.25, 0.3) is 0 Å². The van der Waals surface area contributed by atoms with Crippen LogP contribution in [0.4, 0.5) is 0 Å². The van der Waals surface area contributed by atoms with E-state index in [9.17, 15) is 4.79 Å². The average Bonchev–Trinajstić information content (AvgIpc) is 2.30. The topological polar surface area (TPSA) is 41.1 Å². The summed E-state index contributed by atoms with van der Waals surface area (Å²) in [5, 5.41) is 6.24. The second kappa shape index (κ2) is 8.29. The molecule has 98 valence electrons. The first-order chi connectivity index (χ1) is 8.22. The Labute approximate surface area is 105 Å². The van der Waals surface area contributed by atoms with Crippen LogP contribution in [0.15, 0.2) is 11.6 Å². The van der Waals surface area contributed by atoms with Crippen LogP contribution in [-0.2, 0) is 4.79 Å². The van der Waals surface area contributed by atoms with E-state index in [0.717, 1.165) is 19.5 Å². The monoisotopic (exact) mass is 238 g/mol. The SMILES string of the molecule is CCNC(C)CC(=O)NCCC1=CCCCC1. The Morgan fingerprint density at radius 1 is 1.47 bits per heavy atom. The molecule has 0 aromatic rings. The summed E-state index contributed by atoms with van der Waals surface area (Å²) in [5.74, 6) is 0.162. The standard InChI is InChI=1S/C14H26N2O/c1-3-15-12(2)11-14(17)16-10-9-13-7-5-4-6-8-13/h7,12,15H,3-6,8-11H2,1-2H3,(H,16,17). The summed E-state index contributed by atoms with van der Waals surface area (Å²) in [4.78, 5) is 11.6. The Morgan fingerprint density at radius 3 is 2.94 bits per heavy atom. The maximum absolute atomic E-state index is 11.6. The first-order valence-electron chi connectivity index (χ1n) is 6.90. The van der Waals surface area contributed by atoms with Gasteiger partial charge in [0.1, 0.15) is 0 Å². The minimum atomic E-state index is 0.162. The van der Waals surface area contributed by atoms with Crippen LogP contribution in [0, 0.1) is 0 Å². The zero-order valence-corrected chi connectivity index (χ0v) is 11.2. The highest BCUT2D eigenvalue weighted by atomic mass is 16.1. The lowest BCUT2D eigenvalue weighted by atomic mass is 9.97. The van der Waals surface area contributed by atoms with Crippen LogP contribution in [0.5, 0.6) is 0 Å². The molecule has 2 N–H and O–H groups in total. The van der Waals surface area contributed by atoms with Crippen LogP contribution in [0.2, 0.25) is 0 Å². The Kier molecular flexibility index (Phi) is 6.94. The first kappa shape index (κ1) is 14.2. The first-order valence-corrected chi connectivity index (χ1v) is 6.90. The van der Waals surface area contributed by atoms with Gasteiger partial charge in [0, 0.05) is 19.0 Å². The maximum Gasteiger partial charge on any atom is 0.221 e. The van der Waals surface area contributed by atoms with E-state index >= 15 is 0 Å². The highest BCUT2D eigenvalue weighted by molar-refractivity contribution is 5.76. The molecular formula is C14H26N2O. The number of carbonyl (C=O) groups excluding carboxylic acids is 1. The Balaban J connectivity index is 2.09. The van der Waals surface area contributed by atoms with E-state index in [1.165, 1.54) is 31.3 Å². The van der Waals surface area contributed by atoms with Gasteiger partial charge >= 0.3 is 0 Å². The van der Waals surface area contributed by atoms with Gasteiger partial charge in [-0.2, -0.15) is 0 Å². The van der Waals surface area contributed by atoms with Gasteiger partial charge in [0.05, 0.1) is 0 Å². The van der Waals surface area contributed by atoms with Gasteiger partial charge in [-0.3, -0.25) is 4.79 Å². The lowest BCUT2D eigenvalue weighted by molar-refractivity contribution is -0.121. The summed E-state index contributed by atoms with van der Waals surface area (Å²) in [5.41, 5.74) is 1.52. The number of amides is 1. The van der Waals surface area contributed by atoms with Crippen LogP contribution in [0.1, 0.15) is 52.4 Å². The number of nitrogens with one attached hydrogen (secondary N) is 2. The molecule has 0 aromatic heterocycles. The molecule has 0 aromatic carbocycles. The average molecular weight is 238 g/mol. The molecule has 1 aliphatic rings. The summed E-state index contributed by atoms with van der Waals surface area (Å²) in [6.07, 6.45) is 9.04. The molecule has 0 heterocycles. The summed E-state index contributed by atoms with van der Waals surface area (Å²) < 4.78 is 0. The van der Waals surface area contributed by atoms with E-state index in [-0.39, 0.29) is 11.9 Å². The maximum atomic E-state index is 11.6. The molecule has 0 saturated carbocycles. The lowest BCUT2D eigenvalue weighted by Crippen LogP contribution is -2.34. The van der Waals surface area contributed by atoms with E-state index in [1.54, 1.807) is 0 Å². The smallest absolute Gasteiger partial charge is 0.221 e. The van der Waals surface area contributed by atoms with Crippen molar-refractivity contribution in [2.24, 2.45) is 0 Å². The Morgan fingerprint density at radius 2 is 2.29 bits per heavy atom. The molecule has 1 rings (SSSR count). The number of hydrogen-bond acceptors (Lipinski definition) is 2. The van der Waals surface area contributed by atoms with Crippen molar-refractivity contribution in [3.8, 4) is 0 Å². The number of hydrogen-bond donors (Lipinski definition) is 2. The van der Waals surface area contributed by atoms with E-state index in [2.05, 4.69) is 23.6 Å². The molecule has 0 radical (unpaired) electrons. The lowest BCUT2D eigenvalue weighted by Gasteiger charge is -2.14. The van der Waals surface area contributed by atoms with Crippen molar-refractivity contribution in [3.05, 3.63) is 11.6 Å². The third-order valence-electron chi connectivity index (χ3n) is 3.20. The van der Waals surface area contributed by atoms with Gasteiger partial charge in [0.2, 0.25) is 5.91 Å². The molecule has 0 spiro atoms. The summed E-state index contributed by atoms with van der Waals surface area (Å²) in [7, 11) is 0. The molecule has 0 aliphatic heterocycles. The fourth-order valence-electron chi connectivity index (χ4n) is 2.27. The van der Waals surface area contributed by atoms with Crippen LogP contribution in [-0.4, -0.2) is 25.0 Å². The van der Waals surface area contributed by atoms with Crippen molar-refractivity contribution in [2.45, 2.75) is 58.4 Å². The van der Waals surface area contributed by atoms with Crippen molar-refractivity contribution < 1.29 is 4.79 Å². The van der Waals surface area contributed by atoms with Gasteiger partial charge in [-0.25, -0.2) is 0 Å². The quantitative estimate of drug-likeness (QED) is 0.669. The van der Waals surface area contributed by atoms with Gasteiger partial charge in [-0.1, -0.05) is 18.6 Å². The summed E-state index contributed by atoms with van der Waals surface area (Å²) in [6, 6.07) is 0.272. The van der Waals surface area contributed by atoms with Gasteiger partial charge in [-0.05, 0) is 45.6 Å². The van der Waals surface area contributed by atoms with Gasteiger partial charge < -0.3 is 10.6 Å². The molecule has 17 heavy (non-hydrogen) atoms. The third-order valence-corrected chi connectivity index (χ3v) is 3.20. The number of allylic oxidation sites excluding steroid dienone is 1. The third kappa shape index (κ3) is 6.47. The Bertz CT molecular complexity index is 261. The zero-order valence-electron chi connectivity index (χ0n) is 11.2. The van der Waals surface area contributed by atoms with Crippen molar-refractivity contribution in [1.29, 1.82) is 0 Å². The predicted molar refractivity (Wildman–Crippen MR) is 71.9 cm³/mol. The van der Waals surface area contributed by atoms with Crippen molar-refractivity contribution in [3.63, 3.8) is 0 Å².